The number of aryl methyl sites for hydroxylation is 1. The van der Waals surface area contributed by atoms with Crippen LogP contribution in [-0.4, -0.2) is 20.1 Å². The first kappa shape index (κ1) is 13.3. The van der Waals surface area contributed by atoms with Gasteiger partial charge >= 0.3 is 0 Å². The maximum Gasteiger partial charge on any atom is 0.226 e. The minimum Gasteiger partial charge on any atom is -0.383 e. The smallest absolute Gasteiger partial charge is 0.226 e. The number of aromatic nitrogens is 4. The van der Waals surface area contributed by atoms with Crippen LogP contribution in [0.15, 0.2) is 21.1 Å². The molecular weight excluding hydrogens is 294 g/mol. The number of anilines is 1. The van der Waals surface area contributed by atoms with Crippen molar-refractivity contribution in [2.75, 3.05) is 5.73 Å². The summed E-state index contributed by atoms with van der Waals surface area (Å²) < 4.78 is 5.14. The van der Waals surface area contributed by atoms with E-state index in [4.69, 9.17) is 10.3 Å². The Morgan fingerprint density at radius 3 is 3.10 bits per heavy atom. The second-order valence-electron chi connectivity index (χ2n) is 4.17. The Kier molecular flexibility index (Phi) is 3.83. The zero-order valence-electron chi connectivity index (χ0n) is 10.9. The molecule has 2 N–H and O–H groups in total. The van der Waals surface area contributed by atoms with Gasteiger partial charge in [0.2, 0.25) is 5.89 Å². The maximum atomic E-state index is 5.91. The number of hydrogen-bond acceptors (Lipinski definition) is 8. The summed E-state index contributed by atoms with van der Waals surface area (Å²) in [6, 6.07) is 1.93. The summed E-state index contributed by atoms with van der Waals surface area (Å²) in [5, 5.41) is 7.44. The van der Waals surface area contributed by atoms with Crippen molar-refractivity contribution in [2.24, 2.45) is 0 Å². The van der Waals surface area contributed by atoms with Crippen LogP contribution >= 0.6 is 23.1 Å². The molecule has 3 aromatic rings. The minimum absolute atomic E-state index is 0.513. The normalized spacial score (nSPS) is 11.2. The Labute approximate surface area is 123 Å². The number of thioether (sulfide) groups is 1. The topological polar surface area (TPSA) is 90.7 Å². The van der Waals surface area contributed by atoms with Gasteiger partial charge in [-0.2, -0.15) is 4.98 Å². The van der Waals surface area contributed by atoms with Crippen LogP contribution in [0.25, 0.3) is 10.2 Å². The van der Waals surface area contributed by atoms with Crippen LogP contribution in [0.2, 0.25) is 0 Å². The molecule has 3 heterocycles. The Morgan fingerprint density at radius 2 is 2.25 bits per heavy atom. The van der Waals surface area contributed by atoms with Gasteiger partial charge in [0.25, 0.3) is 0 Å². The number of nitrogen functional groups attached to an aromatic ring is 1. The minimum atomic E-state index is 0.513. The zero-order valence-corrected chi connectivity index (χ0v) is 12.5. The van der Waals surface area contributed by atoms with Crippen LogP contribution in [0.4, 0.5) is 5.82 Å². The lowest BCUT2D eigenvalue weighted by Crippen LogP contribution is -1.95. The quantitative estimate of drug-likeness (QED) is 0.572. The van der Waals surface area contributed by atoms with Crippen LogP contribution < -0.4 is 5.73 Å². The summed E-state index contributed by atoms with van der Waals surface area (Å²) in [5.41, 5.74) is 5.91. The van der Waals surface area contributed by atoms with E-state index in [-0.39, 0.29) is 0 Å². The Morgan fingerprint density at radius 1 is 1.35 bits per heavy atom. The summed E-state index contributed by atoms with van der Waals surface area (Å²) in [4.78, 5) is 13.9. The van der Waals surface area contributed by atoms with Gasteiger partial charge in [0.1, 0.15) is 10.6 Å². The molecule has 0 saturated heterocycles. The fourth-order valence-electron chi connectivity index (χ4n) is 1.72. The molecule has 0 fully saturated rings. The van der Waals surface area contributed by atoms with E-state index in [0.29, 0.717) is 28.4 Å². The summed E-state index contributed by atoms with van der Waals surface area (Å²) in [7, 11) is 0. The van der Waals surface area contributed by atoms with Crippen LogP contribution in [-0.2, 0) is 12.2 Å². The summed E-state index contributed by atoms with van der Waals surface area (Å²) in [6.07, 6.45) is 1.80. The van der Waals surface area contributed by atoms with Crippen molar-refractivity contribution in [1.82, 2.24) is 20.1 Å². The molecular formula is C12H13N5OS2. The molecule has 0 aromatic carbocycles. The molecule has 3 aromatic heterocycles. The summed E-state index contributed by atoms with van der Waals surface area (Å²) >= 11 is 3.01. The molecule has 0 radical (unpaired) electrons. The number of rotatable bonds is 5. The average molecular weight is 307 g/mol. The van der Waals surface area contributed by atoms with Gasteiger partial charge in [-0.05, 0) is 17.9 Å². The first-order chi connectivity index (χ1) is 9.76. The highest BCUT2D eigenvalue weighted by Gasteiger charge is 2.10. The average Bonchev–Trinajstić information content (AvgIpc) is 3.06. The van der Waals surface area contributed by atoms with Gasteiger partial charge in [0.15, 0.2) is 11.0 Å². The van der Waals surface area contributed by atoms with Crippen molar-refractivity contribution in [2.45, 2.75) is 30.7 Å². The van der Waals surface area contributed by atoms with Gasteiger partial charge in [-0.25, -0.2) is 9.97 Å². The molecule has 0 aliphatic carbocycles. The molecule has 0 amide bonds. The third kappa shape index (κ3) is 2.75. The zero-order chi connectivity index (χ0) is 13.9. The van der Waals surface area contributed by atoms with Crippen LogP contribution in [0.1, 0.15) is 25.1 Å². The molecule has 6 nitrogen and oxygen atoms in total. The predicted octanol–water partition coefficient (Wildman–Crippen LogP) is 2.90. The molecule has 0 atom stereocenters. The maximum absolute atomic E-state index is 5.91. The van der Waals surface area contributed by atoms with Crippen molar-refractivity contribution in [3.8, 4) is 0 Å². The fraction of sp³-hybridized carbons (Fsp3) is 0.333. The molecule has 20 heavy (non-hydrogen) atoms. The summed E-state index contributed by atoms with van der Waals surface area (Å²) in [6.45, 7) is 2.07. The lowest BCUT2D eigenvalue weighted by molar-refractivity contribution is 0.373. The molecule has 8 heteroatoms. The second kappa shape index (κ2) is 5.76. The summed E-state index contributed by atoms with van der Waals surface area (Å²) in [5.74, 6) is 2.42. The number of nitrogens with zero attached hydrogens (tertiary/aromatic N) is 4. The Bertz CT molecular complexity index is 724. The monoisotopic (exact) mass is 307 g/mol. The number of nitrogens with two attached hydrogens (primary N) is 1. The van der Waals surface area contributed by atoms with Crippen molar-refractivity contribution in [3.63, 3.8) is 0 Å². The van der Waals surface area contributed by atoms with E-state index in [1.54, 1.807) is 11.3 Å². The highest BCUT2D eigenvalue weighted by Crippen LogP contribution is 2.27. The van der Waals surface area contributed by atoms with E-state index < -0.39 is 0 Å². The van der Waals surface area contributed by atoms with Crippen molar-refractivity contribution in [3.05, 3.63) is 23.2 Å². The standard InChI is InChI=1S/C12H13N5OS2/c1-2-3-9-14-8(17-18-9)6-20-12-15-10(13)7-4-5-19-11(7)16-12/h4-5H,2-3,6H2,1H3,(H2,13,15,16). The highest BCUT2D eigenvalue weighted by molar-refractivity contribution is 7.98. The molecule has 0 spiro atoms. The number of thiophene rings is 1. The van der Waals surface area contributed by atoms with Gasteiger partial charge in [0.05, 0.1) is 11.1 Å². The SMILES string of the molecule is CCCc1nc(CSc2nc(N)c3ccsc3n2)no1. The first-order valence-electron chi connectivity index (χ1n) is 6.21. The molecule has 0 aliphatic heterocycles. The lowest BCUT2D eigenvalue weighted by Gasteiger charge is -2.00. The largest absolute Gasteiger partial charge is 0.383 e. The van der Waals surface area contributed by atoms with Crippen molar-refractivity contribution < 1.29 is 4.52 Å². The molecule has 104 valence electrons. The van der Waals surface area contributed by atoms with E-state index in [2.05, 4.69) is 27.0 Å². The second-order valence-corrected chi connectivity index (χ2v) is 6.01. The van der Waals surface area contributed by atoms with Gasteiger partial charge in [-0.3, -0.25) is 0 Å². The van der Waals surface area contributed by atoms with Gasteiger partial charge < -0.3 is 10.3 Å². The number of hydrogen-bond donors (Lipinski definition) is 1. The van der Waals surface area contributed by atoms with E-state index in [9.17, 15) is 0 Å². The highest BCUT2D eigenvalue weighted by atomic mass is 32.2. The molecule has 3 rings (SSSR count). The number of fused-ring (bicyclic) bond motifs is 1. The molecule has 0 bridgehead atoms. The van der Waals surface area contributed by atoms with Crippen LogP contribution in [0.3, 0.4) is 0 Å². The first-order valence-corrected chi connectivity index (χ1v) is 8.07. The molecule has 0 unspecified atom stereocenters. The third-order valence-corrected chi connectivity index (χ3v) is 4.29. The van der Waals surface area contributed by atoms with Gasteiger partial charge in [-0.1, -0.05) is 23.8 Å². The predicted molar refractivity (Wildman–Crippen MR) is 79.7 cm³/mol. The fourth-order valence-corrected chi connectivity index (χ4v) is 3.24. The van der Waals surface area contributed by atoms with E-state index >= 15 is 0 Å². The Balaban J connectivity index is 1.72. The van der Waals surface area contributed by atoms with Crippen LogP contribution in [0.5, 0.6) is 0 Å². The lowest BCUT2D eigenvalue weighted by atomic mass is 10.3. The van der Waals surface area contributed by atoms with Gasteiger partial charge in [-0.15, -0.1) is 11.3 Å². The molecule has 0 aliphatic rings. The Hall–Kier alpha value is -1.67. The third-order valence-electron chi connectivity index (χ3n) is 2.64. The van der Waals surface area contributed by atoms with E-state index in [1.807, 2.05) is 11.4 Å². The molecule has 0 saturated carbocycles. The van der Waals surface area contributed by atoms with E-state index in [1.165, 1.54) is 11.8 Å². The van der Waals surface area contributed by atoms with Crippen molar-refractivity contribution >= 4 is 39.1 Å². The van der Waals surface area contributed by atoms with Crippen molar-refractivity contribution in [1.29, 1.82) is 0 Å². The van der Waals surface area contributed by atoms with Gasteiger partial charge in [0, 0.05) is 6.42 Å². The van der Waals surface area contributed by atoms with Crippen LogP contribution in [0, 0.1) is 0 Å². The van der Waals surface area contributed by atoms with E-state index in [0.717, 1.165) is 23.1 Å².